The summed E-state index contributed by atoms with van der Waals surface area (Å²) in [5, 5.41) is 11.3. The Morgan fingerprint density at radius 1 is 0.893 bits per heavy atom. The molecule has 1 N–H and O–H groups in total. The van der Waals surface area contributed by atoms with Crippen LogP contribution in [0.25, 0.3) is 0 Å². The Kier molecular flexibility index (Phi) is 7.50. The summed E-state index contributed by atoms with van der Waals surface area (Å²) in [5.74, 6) is -0.500. The summed E-state index contributed by atoms with van der Waals surface area (Å²) < 4.78 is 18.3. The second-order valence-corrected chi connectivity index (χ2v) is 21.1. The third-order valence-corrected chi connectivity index (χ3v) is 16.3. The number of carbonyl (C=O) groups excluding carboxylic acids is 1. The van der Waals surface area contributed by atoms with Crippen LogP contribution in [0.2, 0.25) is 36.3 Å². The molecule has 1 fully saturated rings. The molecule has 166 valence electrons. The lowest BCUT2D eigenvalue weighted by Gasteiger charge is -2.50. The number of ether oxygens (including phenoxy) is 1. The summed E-state index contributed by atoms with van der Waals surface area (Å²) >= 11 is 0. The zero-order chi connectivity index (χ0) is 22.3. The average molecular weight is 433 g/mol. The molecule has 0 aromatic carbocycles. The molecule has 0 aromatic heterocycles. The first-order chi connectivity index (χ1) is 12.3. The first-order valence-corrected chi connectivity index (χ1v) is 16.3. The number of carbonyl (C=O) groups is 1. The fourth-order valence-corrected chi connectivity index (χ4v) is 5.94. The monoisotopic (exact) mass is 432 g/mol. The summed E-state index contributed by atoms with van der Waals surface area (Å²) in [6, 6.07) is 0. The number of hydrogen-bond acceptors (Lipinski definition) is 5. The molecule has 5 nitrogen and oxygen atoms in total. The van der Waals surface area contributed by atoms with Gasteiger partial charge in [-0.25, -0.2) is 4.79 Å². The van der Waals surface area contributed by atoms with E-state index in [1.54, 1.807) is 0 Å². The zero-order valence-corrected chi connectivity index (χ0v) is 22.2. The highest BCUT2D eigenvalue weighted by atomic mass is 28.4. The lowest BCUT2D eigenvalue weighted by Crippen LogP contribution is -2.59. The topological polar surface area (TPSA) is 65.0 Å². The minimum Gasteiger partial charge on any atom is -0.467 e. The molecule has 0 saturated heterocycles. The SMILES string of the molecule is COC(=O)[C@]1(O)C[C@@H](O[Si](C)(C)C(C)(C)C)[C@@H](C)[C@H](O[Si](C)(C)C(C)(C)C)C1. The summed E-state index contributed by atoms with van der Waals surface area (Å²) in [6.45, 7) is 24.1. The highest BCUT2D eigenvalue weighted by Gasteiger charge is 2.54. The van der Waals surface area contributed by atoms with E-state index < -0.39 is 28.2 Å². The number of aliphatic hydroxyl groups is 1. The number of methoxy groups -OCH3 is 1. The van der Waals surface area contributed by atoms with Crippen LogP contribution in [0.15, 0.2) is 0 Å². The molecule has 0 bridgehead atoms. The van der Waals surface area contributed by atoms with Crippen LogP contribution in [0.3, 0.4) is 0 Å². The van der Waals surface area contributed by atoms with Crippen LogP contribution in [0.1, 0.15) is 61.3 Å². The van der Waals surface area contributed by atoms with Crippen molar-refractivity contribution in [3.63, 3.8) is 0 Å². The van der Waals surface area contributed by atoms with E-state index in [0.29, 0.717) is 0 Å². The Morgan fingerprint density at radius 3 is 1.46 bits per heavy atom. The van der Waals surface area contributed by atoms with Gasteiger partial charge in [-0.2, -0.15) is 0 Å². The van der Waals surface area contributed by atoms with Crippen molar-refractivity contribution in [1.29, 1.82) is 0 Å². The molecule has 1 aliphatic carbocycles. The number of hydrogen-bond donors (Lipinski definition) is 1. The van der Waals surface area contributed by atoms with Gasteiger partial charge in [0, 0.05) is 18.8 Å². The van der Waals surface area contributed by atoms with Gasteiger partial charge in [0.15, 0.2) is 22.2 Å². The van der Waals surface area contributed by atoms with Crippen molar-refractivity contribution >= 4 is 22.6 Å². The molecule has 28 heavy (non-hydrogen) atoms. The van der Waals surface area contributed by atoms with E-state index in [9.17, 15) is 9.90 Å². The second kappa shape index (κ2) is 8.14. The molecule has 1 aliphatic rings. The summed E-state index contributed by atoms with van der Waals surface area (Å²) in [4.78, 5) is 12.5. The van der Waals surface area contributed by atoms with Gasteiger partial charge in [0.05, 0.1) is 19.3 Å². The third kappa shape index (κ3) is 5.47. The van der Waals surface area contributed by atoms with E-state index in [2.05, 4.69) is 74.7 Å². The molecule has 0 radical (unpaired) electrons. The normalized spacial score (nSPS) is 30.2. The van der Waals surface area contributed by atoms with Crippen molar-refractivity contribution in [2.45, 2.75) is 115 Å². The van der Waals surface area contributed by atoms with Crippen molar-refractivity contribution < 1.29 is 23.5 Å². The van der Waals surface area contributed by atoms with Gasteiger partial charge in [-0.1, -0.05) is 48.5 Å². The predicted molar refractivity (Wildman–Crippen MR) is 120 cm³/mol. The van der Waals surface area contributed by atoms with Crippen LogP contribution >= 0.6 is 0 Å². The Balaban J connectivity index is 3.25. The first-order valence-electron chi connectivity index (χ1n) is 10.4. The Labute approximate surface area is 174 Å². The fraction of sp³-hybridized carbons (Fsp3) is 0.952. The molecule has 1 saturated carbocycles. The van der Waals surface area contributed by atoms with Crippen LogP contribution in [-0.2, 0) is 18.4 Å². The molecule has 7 heteroatoms. The van der Waals surface area contributed by atoms with Crippen molar-refractivity contribution in [2.75, 3.05) is 7.11 Å². The van der Waals surface area contributed by atoms with E-state index in [0.717, 1.165) is 0 Å². The van der Waals surface area contributed by atoms with Crippen LogP contribution < -0.4 is 0 Å². The van der Waals surface area contributed by atoms with E-state index in [4.69, 9.17) is 13.6 Å². The number of rotatable bonds is 5. The average Bonchev–Trinajstić information content (AvgIpc) is 2.48. The summed E-state index contributed by atoms with van der Waals surface area (Å²) in [7, 11) is -2.82. The molecule has 0 amide bonds. The second-order valence-electron chi connectivity index (χ2n) is 11.6. The first kappa shape index (κ1) is 25.8. The molecule has 2 atom stereocenters. The van der Waals surface area contributed by atoms with Crippen molar-refractivity contribution in [3.05, 3.63) is 0 Å². The van der Waals surface area contributed by atoms with Crippen LogP contribution in [0, 0.1) is 5.92 Å². The standard InChI is InChI=1S/C21H44O5Si2/c1-15-16(25-27(9,10)19(2,3)4)13-21(23,18(22)24-8)14-17(15)26-28(11,12)20(5,6)7/h15-17,23H,13-14H2,1-12H3/t15-,16-,17-,21+/m1/s1. The van der Waals surface area contributed by atoms with Crippen LogP contribution in [0.5, 0.6) is 0 Å². The van der Waals surface area contributed by atoms with E-state index in [1.165, 1.54) is 7.11 Å². The Bertz CT molecular complexity index is 522. The van der Waals surface area contributed by atoms with Gasteiger partial charge in [0.2, 0.25) is 0 Å². The summed E-state index contributed by atoms with van der Waals surface area (Å²) in [5.41, 5.74) is -1.57. The van der Waals surface area contributed by atoms with Gasteiger partial charge >= 0.3 is 5.97 Å². The van der Waals surface area contributed by atoms with Crippen molar-refractivity contribution in [1.82, 2.24) is 0 Å². The third-order valence-electron chi connectivity index (χ3n) is 7.32. The maximum absolute atomic E-state index is 12.5. The maximum atomic E-state index is 12.5. The molecule has 0 spiro atoms. The van der Waals surface area contributed by atoms with Crippen molar-refractivity contribution in [3.8, 4) is 0 Å². The molecule has 0 unspecified atom stereocenters. The molecule has 0 heterocycles. The largest absolute Gasteiger partial charge is 0.467 e. The predicted octanol–water partition coefficient (Wildman–Crippen LogP) is 5.10. The lowest BCUT2D eigenvalue weighted by atomic mass is 9.75. The fourth-order valence-electron chi connectivity index (χ4n) is 3.13. The van der Waals surface area contributed by atoms with Crippen LogP contribution in [0.4, 0.5) is 0 Å². The highest BCUT2D eigenvalue weighted by molar-refractivity contribution is 6.74. The summed E-state index contributed by atoms with van der Waals surface area (Å²) in [6.07, 6.45) is 0.0251. The zero-order valence-electron chi connectivity index (χ0n) is 20.2. The van der Waals surface area contributed by atoms with E-state index >= 15 is 0 Å². The molecule has 1 rings (SSSR count). The molecule has 0 aromatic rings. The van der Waals surface area contributed by atoms with E-state index in [-0.39, 0.29) is 41.0 Å². The van der Waals surface area contributed by atoms with Gasteiger partial charge in [-0.3, -0.25) is 0 Å². The van der Waals surface area contributed by atoms with Gasteiger partial charge < -0.3 is 18.7 Å². The Morgan fingerprint density at radius 2 is 1.21 bits per heavy atom. The highest BCUT2D eigenvalue weighted by Crippen LogP contribution is 2.45. The maximum Gasteiger partial charge on any atom is 0.338 e. The molecular formula is C21H44O5Si2. The van der Waals surface area contributed by atoms with Gasteiger partial charge in [0.25, 0.3) is 0 Å². The minimum absolute atomic E-state index is 0.0450. The number of esters is 1. The quantitative estimate of drug-likeness (QED) is 0.483. The van der Waals surface area contributed by atoms with Gasteiger partial charge in [0.1, 0.15) is 0 Å². The van der Waals surface area contributed by atoms with Gasteiger partial charge in [-0.05, 0) is 36.3 Å². The van der Waals surface area contributed by atoms with E-state index in [1.807, 2.05) is 0 Å². The smallest absolute Gasteiger partial charge is 0.338 e. The van der Waals surface area contributed by atoms with Crippen LogP contribution in [-0.4, -0.2) is 52.6 Å². The molecular weight excluding hydrogens is 388 g/mol. The Hall–Kier alpha value is -0.216. The van der Waals surface area contributed by atoms with Crippen molar-refractivity contribution in [2.24, 2.45) is 5.92 Å². The lowest BCUT2D eigenvalue weighted by molar-refractivity contribution is -0.179. The van der Waals surface area contributed by atoms with Gasteiger partial charge in [-0.15, -0.1) is 0 Å². The minimum atomic E-state index is -2.07. The molecule has 0 aliphatic heterocycles.